The summed E-state index contributed by atoms with van der Waals surface area (Å²) < 4.78 is 6.29. The van der Waals surface area contributed by atoms with E-state index in [2.05, 4.69) is 36.1 Å². The van der Waals surface area contributed by atoms with Crippen LogP contribution in [0.4, 0.5) is 0 Å². The van der Waals surface area contributed by atoms with Gasteiger partial charge in [-0.25, -0.2) is 0 Å². The second-order valence-electron chi connectivity index (χ2n) is 5.81. The van der Waals surface area contributed by atoms with E-state index in [1.54, 1.807) is 0 Å². The second kappa shape index (κ2) is 7.17. The van der Waals surface area contributed by atoms with E-state index in [1.165, 1.54) is 17.5 Å². The number of benzene rings is 2. The Kier molecular flexibility index (Phi) is 5.01. The SMILES string of the molecule is CCCN1CCc2ccccc2C(Oc2cccc(Cl)c2)C1. The van der Waals surface area contributed by atoms with Crippen LogP contribution in [-0.2, 0) is 6.42 Å². The summed E-state index contributed by atoms with van der Waals surface area (Å²) in [6.45, 7) is 5.37. The number of rotatable bonds is 4. The monoisotopic (exact) mass is 315 g/mol. The van der Waals surface area contributed by atoms with Crippen molar-refractivity contribution in [2.45, 2.75) is 25.9 Å². The van der Waals surface area contributed by atoms with Gasteiger partial charge in [0.05, 0.1) is 0 Å². The second-order valence-corrected chi connectivity index (χ2v) is 6.25. The van der Waals surface area contributed by atoms with E-state index in [0.717, 1.165) is 31.8 Å². The molecular formula is C19H22ClNO. The minimum Gasteiger partial charge on any atom is -0.484 e. The summed E-state index contributed by atoms with van der Waals surface area (Å²) in [5.41, 5.74) is 2.70. The Bertz CT molecular complexity index is 628. The number of halogens is 1. The van der Waals surface area contributed by atoms with Gasteiger partial charge in [-0.3, -0.25) is 4.90 Å². The van der Waals surface area contributed by atoms with E-state index in [0.29, 0.717) is 5.02 Å². The molecule has 0 fully saturated rings. The van der Waals surface area contributed by atoms with Crippen molar-refractivity contribution in [3.63, 3.8) is 0 Å². The van der Waals surface area contributed by atoms with E-state index in [4.69, 9.17) is 16.3 Å². The third kappa shape index (κ3) is 3.63. The summed E-state index contributed by atoms with van der Waals surface area (Å²) >= 11 is 6.08. The largest absolute Gasteiger partial charge is 0.484 e. The lowest BCUT2D eigenvalue weighted by Crippen LogP contribution is -2.31. The van der Waals surface area contributed by atoms with Crippen molar-refractivity contribution in [2.24, 2.45) is 0 Å². The van der Waals surface area contributed by atoms with Crippen LogP contribution < -0.4 is 4.74 Å². The maximum atomic E-state index is 6.29. The first-order chi connectivity index (χ1) is 10.8. The van der Waals surface area contributed by atoms with Crippen LogP contribution in [0.1, 0.15) is 30.6 Å². The molecule has 3 rings (SSSR count). The van der Waals surface area contributed by atoms with Crippen LogP contribution in [-0.4, -0.2) is 24.5 Å². The van der Waals surface area contributed by atoms with Gasteiger partial charge in [-0.15, -0.1) is 0 Å². The Balaban J connectivity index is 1.87. The molecule has 1 aliphatic heterocycles. The van der Waals surface area contributed by atoms with E-state index >= 15 is 0 Å². The number of hydrogen-bond acceptors (Lipinski definition) is 2. The summed E-state index contributed by atoms with van der Waals surface area (Å²) in [4.78, 5) is 2.50. The maximum Gasteiger partial charge on any atom is 0.137 e. The zero-order valence-corrected chi connectivity index (χ0v) is 13.7. The summed E-state index contributed by atoms with van der Waals surface area (Å²) in [5.74, 6) is 0.839. The van der Waals surface area contributed by atoms with Gasteiger partial charge in [-0.2, -0.15) is 0 Å². The third-order valence-electron chi connectivity index (χ3n) is 4.14. The zero-order valence-electron chi connectivity index (χ0n) is 13.0. The molecule has 116 valence electrons. The number of hydrogen-bond donors (Lipinski definition) is 0. The molecular weight excluding hydrogens is 294 g/mol. The van der Waals surface area contributed by atoms with Crippen LogP contribution in [0.15, 0.2) is 48.5 Å². The van der Waals surface area contributed by atoms with Crippen LogP contribution >= 0.6 is 11.6 Å². The van der Waals surface area contributed by atoms with Gasteiger partial charge in [0, 0.05) is 18.1 Å². The lowest BCUT2D eigenvalue weighted by molar-refractivity contribution is 0.140. The van der Waals surface area contributed by atoms with Crippen molar-refractivity contribution in [1.82, 2.24) is 4.90 Å². The molecule has 0 saturated carbocycles. The summed E-state index contributed by atoms with van der Waals surface area (Å²) in [6, 6.07) is 16.3. The average molecular weight is 316 g/mol. The number of nitrogens with zero attached hydrogens (tertiary/aromatic N) is 1. The Morgan fingerprint density at radius 3 is 2.86 bits per heavy atom. The minimum atomic E-state index is 0.0590. The van der Waals surface area contributed by atoms with Crippen LogP contribution in [0, 0.1) is 0 Å². The van der Waals surface area contributed by atoms with Crippen molar-refractivity contribution < 1.29 is 4.74 Å². The zero-order chi connectivity index (χ0) is 15.4. The van der Waals surface area contributed by atoms with Crippen LogP contribution in [0.5, 0.6) is 5.75 Å². The predicted octanol–water partition coefficient (Wildman–Crippen LogP) is 4.73. The van der Waals surface area contributed by atoms with E-state index in [1.807, 2.05) is 24.3 Å². The van der Waals surface area contributed by atoms with Crippen molar-refractivity contribution in [1.29, 1.82) is 0 Å². The smallest absolute Gasteiger partial charge is 0.137 e. The highest BCUT2D eigenvalue weighted by Crippen LogP contribution is 2.29. The van der Waals surface area contributed by atoms with Gasteiger partial charge >= 0.3 is 0 Å². The predicted molar refractivity (Wildman–Crippen MR) is 91.7 cm³/mol. The standard InChI is InChI=1S/C19H22ClNO/c1-2-11-21-12-10-15-6-3-4-9-18(15)19(14-21)22-17-8-5-7-16(20)13-17/h3-9,13,19H,2,10-12,14H2,1H3. The summed E-state index contributed by atoms with van der Waals surface area (Å²) in [5, 5.41) is 0.713. The molecule has 1 heterocycles. The average Bonchev–Trinajstić information content (AvgIpc) is 2.68. The quantitative estimate of drug-likeness (QED) is 0.809. The van der Waals surface area contributed by atoms with E-state index in [-0.39, 0.29) is 6.10 Å². The minimum absolute atomic E-state index is 0.0590. The van der Waals surface area contributed by atoms with E-state index in [9.17, 15) is 0 Å². The van der Waals surface area contributed by atoms with Crippen LogP contribution in [0.3, 0.4) is 0 Å². The Hall–Kier alpha value is -1.51. The molecule has 2 nitrogen and oxygen atoms in total. The van der Waals surface area contributed by atoms with Gasteiger partial charge in [-0.1, -0.05) is 48.9 Å². The fourth-order valence-electron chi connectivity index (χ4n) is 3.10. The first-order valence-corrected chi connectivity index (χ1v) is 8.36. The third-order valence-corrected chi connectivity index (χ3v) is 4.37. The summed E-state index contributed by atoms with van der Waals surface area (Å²) in [7, 11) is 0. The van der Waals surface area contributed by atoms with Gasteiger partial charge in [0.15, 0.2) is 0 Å². The van der Waals surface area contributed by atoms with Gasteiger partial charge < -0.3 is 4.74 Å². The molecule has 0 aliphatic carbocycles. The molecule has 1 aliphatic rings. The molecule has 2 aromatic carbocycles. The van der Waals surface area contributed by atoms with Crippen molar-refractivity contribution in [2.75, 3.05) is 19.6 Å². The highest BCUT2D eigenvalue weighted by atomic mass is 35.5. The van der Waals surface area contributed by atoms with Gasteiger partial charge in [0.2, 0.25) is 0 Å². The molecule has 0 spiro atoms. The molecule has 3 heteroatoms. The fourth-order valence-corrected chi connectivity index (χ4v) is 3.28. The number of fused-ring (bicyclic) bond motifs is 1. The highest BCUT2D eigenvalue weighted by Gasteiger charge is 2.24. The first-order valence-electron chi connectivity index (χ1n) is 7.98. The van der Waals surface area contributed by atoms with Crippen LogP contribution in [0.25, 0.3) is 0 Å². The van der Waals surface area contributed by atoms with Gasteiger partial charge in [0.25, 0.3) is 0 Å². The fraction of sp³-hybridized carbons (Fsp3) is 0.368. The lowest BCUT2D eigenvalue weighted by Gasteiger charge is -2.25. The van der Waals surface area contributed by atoms with Crippen molar-refractivity contribution in [3.8, 4) is 5.75 Å². The molecule has 2 aromatic rings. The molecule has 0 radical (unpaired) electrons. The molecule has 0 aromatic heterocycles. The normalized spacial score (nSPS) is 18.5. The maximum absolute atomic E-state index is 6.29. The van der Waals surface area contributed by atoms with Crippen molar-refractivity contribution in [3.05, 3.63) is 64.7 Å². The van der Waals surface area contributed by atoms with E-state index < -0.39 is 0 Å². The highest BCUT2D eigenvalue weighted by molar-refractivity contribution is 6.30. The summed E-state index contributed by atoms with van der Waals surface area (Å²) in [6.07, 6.45) is 2.31. The molecule has 0 bridgehead atoms. The molecule has 1 atom stereocenters. The Morgan fingerprint density at radius 2 is 2.05 bits per heavy atom. The van der Waals surface area contributed by atoms with Crippen LogP contribution in [0.2, 0.25) is 5.02 Å². The van der Waals surface area contributed by atoms with Gasteiger partial charge in [-0.05, 0) is 48.7 Å². The van der Waals surface area contributed by atoms with Gasteiger partial charge in [0.1, 0.15) is 11.9 Å². The molecule has 22 heavy (non-hydrogen) atoms. The molecule has 0 amide bonds. The molecule has 0 saturated heterocycles. The molecule has 1 unspecified atom stereocenters. The Morgan fingerprint density at radius 1 is 1.18 bits per heavy atom. The molecule has 0 N–H and O–H groups in total. The topological polar surface area (TPSA) is 12.5 Å². The Labute approximate surface area is 137 Å². The number of ether oxygens (including phenoxy) is 1. The first kappa shape index (κ1) is 15.4. The lowest BCUT2D eigenvalue weighted by atomic mass is 10.0. The van der Waals surface area contributed by atoms with Crippen molar-refractivity contribution >= 4 is 11.6 Å².